The van der Waals surface area contributed by atoms with Crippen LogP contribution in [0.3, 0.4) is 0 Å². The van der Waals surface area contributed by atoms with Crippen molar-refractivity contribution in [3.8, 4) is 0 Å². The van der Waals surface area contributed by atoms with Gasteiger partial charge >= 0.3 is 0 Å². The molecule has 0 radical (unpaired) electrons. The van der Waals surface area contributed by atoms with Crippen LogP contribution < -0.4 is 5.73 Å². The van der Waals surface area contributed by atoms with Crippen molar-refractivity contribution in [2.75, 3.05) is 6.54 Å². The smallest absolute Gasteiger partial charge is 0.169 e. The summed E-state index contributed by atoms with van der Waals surface area (Å²) in [6, 6.07) is 0. The van der Waals surface area contributed by atoms with E-state index in [4.69, 9.17) is 10.2 Å². The van der Waals surface area contributed by atoms with Crippen molar-refractivity contribution in [1.29, 1.82) is 0 Å². The van der Waals surface area contributed by atoms with Crippen molar-refractivity contribution < 1.29 is 9.21 Å². The van der Waals surface area contributed by atoms with Gasteiger partial charge in [0.1, 0.15) is 6.26 Å². The SMILES string of the molecule is Cc1cocc1C(=O)C1CCCC1CN. The fraction of sp³-hybridized carbons (Fsp3) is 0.583. The predicted molar refractivity (Wildman–Crippen MR) is 57.7 cm³/mol. The topological polar surface area (TPSA) is 56.2 Å². The Balaban J connectivity index is 2.18. The van der Waals surface area contributed by atoms with Gasteiger partial charge in [0.25, 0.3) is 0 Å². The van der Waals surface area contributed by atoms with Crippen LogP contribution in [0.4, 0.5) is 0 Å². The van der Waals surface area contributed by atoms with Gasteiger partial charge in [0, 0.05) is 5.92 Å². The van der Waals surface area contributed by atoms with E-state index in [1.807, 2.05) is 6.92 Å². The minimum atomic E-state index is 0.117. The Bertz CT molecular complexity index is 356. The van der Waals surface area contributed by atoms with Crippen LogP contribution >= 0.6 is 0 Å². The lowest BCUT2D eigenvalue weighted by molar-refractivity contribution is 0.0892. The van der Waals surface area contributed by atoms with Gasteiger partial charge in [0.2, 0.25) is 0 Å². The Morgan fingerprint density at radius 3 is 2.93 bits per heavy atom. The summed E-state index contributed by atoms with van der Waals surface area (Å²) in [6.07, 6.45) is 6.37. The molecule has 0 aromatic carbocycles. The molecule has 3 heteroatoms. The van der Waals surface area contributed by atoms with Crippen LogP contribution in [0.1, 0.15) is 35.2 Å². The third-order valence-corrected chi connectivity index (χ3v) is 3.42. The van der Waals surface area contributed by atoms with Crippen molar-refractivity contribution in [2.45, 2.75) is 26.2 Å². The van der Waals surface area contributed by atoms with Gasteiger partial charge in [-0.1, -0.05) is 6.42 Å². The predicted octanol–water partition coefficient (Wildman–Crippen LogP) is 2.15. The number of ketones is 1. The second kappa shape index (κ2) is 4.19. The van der Waals surface area contributed by atoms with Gasteiger partial charge in [0.05, 0.1) is 11.8 Å². The van der Waals surface area contributed by atoms with E-state index in [2.05, 4.69) is 0 Å². The normalized spacial score (nSPS) is 25.7. The Morgan fingerprint density at radius 1 is 1.53 bits per heavy atom. The molecule has 0 spiro atoms. The average molecular weight is 207 g/mol. The third kappa shape index (κ3) is 1.84. The molecular weight excluding hydrogens is 190 g/mol. The lowest BCUT2D eigenvalue weighted by Gasteiger charge is -2.15. The van der Waals surface area contributed by atoms with Gasteiger partial charge in [-0.3, -0.25) is 4.79 Å². The zero-order valence-corrected chi connectivity index (χ0v) is 9.03. The van der Waals surface area contributed by atoms with Crippen LogP contribution in [0, 0.1) is 18.8 Å². The average Bonchev–Trinajstić information content (AvgIpc) is 2.84. The van der Waals surface area contributed by atoms with Crippen molar-refractivity contribution >= 4 is 5.78 Å². The highest BCUT2D eigenvalue weighted by Crippen LogP contribution is 2.34. The monoisotopic (exact) mass is 207 g/mol. The number of hydrogen-bond donors (Lipinski definition) is 1. The van der Waals surface area contributed by atoms with Crippen molar-refractivity contribution in [2.24, 2.45) is 17.6 Å². The number of carbonyl (C=O) groups is 1. The molecule has 2 rings (SSSR count). The van der Waals surface area contributed by atoms with Crippen LogP contribution in [-0.2, 0) is 0 Å². The van der Waals surface area contributed by atoms with E-state index in [-0.39, 0.29) is 11.7 Å². The van der Waals surface area contributed by atoms with Gasteiger partial charge < -0.3 is 10.2 Å². The standard InChI is InChI=1S/C12H17NO2/c1-8-6-15-7-11(8)12(14)10-4-2-3-9(10)5-13/h6-7,9-10H,2-5,13H2,1H3. The Labute approximate surface area is 89.6 Å². The molecular formula is C12H17NO2. The van der Waals surface area contributed by atoms with Crippen molar-refractivity contribution in [3.05, 3.63) is 23.7 Å². The van der Waals surface area contributed by atoms with Crippen molar-refractivity contribution in [3.63, 3.8) is 0 Å². The zero-order valence-electron chi connectivity index (χ0n) is 9.03. The molecule has 0 saturated heterocycles. The van der Waals surface area contributed by atoms with E-state index < -0.39 is 0 Å². The molecule has 1 aliphatic rings. The number of carbonyl (C=O) groups excluding carboxylic acids is 1. The Hall–Kier alpha value is -1.09. The molecule has 2 N–H and O–H groups in total. The summed E-state index contributed by atoms with van der Waals surface area (Å²) in [5, 5.41) is 0. The van der Waals surface area contributed by atoms with Gasteiger partial charge in [-0.2, -0.15) is 0 Å². The molecule has 0 bridgehead atoms. The lowest BCUT2D eigenvalue weighted by Crippen LogP contribution is -2.25. The van der Waals surface area contributed by atoms with Gasteiger partial charge in [0.15, 0.2) is 5.78 Å². The summed E-state index contributed by atoms with van der Waals surface area (Å²) in [6.45, 7) is 2.52. The molecule has 2 unspecified atom stereocenters. The highest BCUT2D eigenvalue weighted by Gasteiger charge is 2.33. The summed E-state index contributed by atoms with van der Waals surface area (Å²) in [5.41, 5.74) is 7.35. The number of aryl methyl sites for hydroxylation is 1. The first-order valence-electron chi connectivity index (χ1n) is 5.51. The fourth-order valence-electron chi connectivity index (χ4n) is 2.48. The molecule has 1 fully saturated rings. The molecule has 1 saturated carbocycles. The molecule has 0 amide bonds. The zero-order chi connectivity index (χ0) is 10.8. The van der Waals surface area contributed by atoms with E-state index in [0.717, 1.165) is 30.4 Å². The molecule has 1 aromatic rings. The van der Waals surface area contributed by atoms with E-state index in [1.165, 1.54) is 0 Å². The molecule has 82 valence electrons. The summed E-state index contributed by atoms with van der Waals surface area (Å²) >= 11 is 0. The lowest BCUT2D eigenvalue weighted by atomic mass is 9.88. The maximum absolute atomic E-state index is 12.2. The fourth-order valence-corrected chi connectivity index (χ4v) is 2.48. The summed E-state index contributed by atoms with van der Waals surface area (Å²) < 4.78 is 5.04. The second-order valence-electron chi connectivity index (χ2n) is 4.37. The van der Waals surface area contributed by atoms with E-state index >= 15 is 0 Å². The second-order valence-corrected chi connectivity index (χ2v) is 4.37. The molecule has 0 aliphatic heterocycles. The van der Waals surface area contributed by atoms with Gasteiger partial charge in [-0.15, -0.1) is 0 Å². The first-order chi connectivity index (χ1) is 7.24. The number of hydrogen-bond acceptors (Lipinski definition) is 3. The molecule has 2 atom stereocenters. The third-order valence-electron chi connectivity index (χ3n) is 3.42. The molecule has 1 heterocycles. The minimum absolute atomic E-state index is 0.117. The molecule has 1 aliphatic carbocycles. The maximum atomic E-state index is 12.2. The number of Topliss-reactive ketones (excluding diaryl/α,β-unsaturated/α-hetero) is 1. The molecule has 3 nitrogen and oxygen atoms in total. The Morgan fingerprint density at radius 2 is 2.33 bits per heavy atom. The van der Waals surface area contributed by atoms with E-state index in [9.17, 15) is 4.79 Å². The summed E-state index contributed by atoms with van der Waals surface area (Å²) in [5.74, 6) is 0.701. The van der Waals surface area contributed by atoms with Crippen LogP contribution in [0.2, 0.25) is 0 Å². The van der Waals surface area contributed by atoms with Crippen LogP contribution in [0.15, 0.2) is 16.9 Å². The summed E-state index contributed by atoms with van der Waals surface area (Å²) in [7, 11) is 0. The van der Waals surface area contributed by atoms with Gasteiger partial charge in [-0.25, -0.2) is 0 Å². The number of nitrogens with two attached hydrogens (primary N) is 1. The first-order valence-corrected chi connectivity index (χ1v) is 5.51. The number of rotatable bonds is 3. The molecule has 15 heavy (non-hydrogen) atoms. The van der Waals surface area contributed by atoms with E-state index in [1.54, 1.807) is 12.5 Å². The minimum Gasteiger partial charge on any atom is -0.472 e. The van der Waals surface area contributed by atoms with E-state index in [0.29, 0.717) is 12.5 Å². The van der Waals surface area contributed by atoms with Crippen LogP contribution in [0.5, 0.6) is 0 Å². The highest BCUT2D eigenvalue weighted by molar-refractivity contribution is 5.99. The largest absolute Gasteiger partial charge is 0.472 e. The van der Waals surface area contributed by atoms with Crippen LogP contribution in [0.25, 0.3) is 0 Å². The quantitative estimate of drug-likeness (QED) is 0.772. The van der Waals surface area contributed by atoms with Crippen molar-refractivity contribution in [1.82, 2.24) is 0 Å². The maximum Gasteiger partial charge on any atom is 0.169 e. The van der Waals surface area contributed by atoms with Crippen LogP contribution in [-0.4, -0.2) is 12.3 Å². The highest BCUT2D eigenvalue weighted by atomic mass is 16.3. The Kier molecular flexibility index (Phi) is 2.91. The van der Waals surface area contributed by atoms with Gasteiger partial charge in [-0.05, 0) is 37.8 Å². The number of furan rings is 1. The molecule has 1 aromatic heterocycles. The first kappa shape index (κ1) is 10.4. The summed E-state index contributed by atoms with van der Waals surface area (Å²) in [4.78, 5) is 12.2.